The molecule has 12 nitrogen and oxygen atoms in total. The first-order chi connectivity index (χ1) is 12.1. The lowest BCUT2D eigenvalue weighted by Gasteiger charge is -2.23. The molecule has 1 aliphatic rings. The average molecular weight is 346 g/mol. The van der Waals surface area contributed by atoms with Gasteiger partial charge in [-0.25, -0.2) is 9.78 Å². The van der Waals surface area contributed by atoms with Crippen LogP contribution in [0.5, 0.6) is 0 Å². The Morgan fingerprint density at radius 2 is 2.20 bits per heavy atom. The van der Waals surface area contributed by atoms with Crippen molar-refractivity contribution in [2.24, 2.45) is 0 Å². The number of aromatic amines is 1. The molecule has 0 radical (unpaired) electrons. The van der Waals surface area contributed by atoms with E-state index in [-0.39, 0.29) is 13.0 Å². The van der Waals surface area contributed by atoms with E-state index in [1.807, 2.05) is 5.32 Å². The first-order valence-corrected chi connectivity index (χ1v) is 7.29. The molecule has 0 saturated carbocycles. The van der Waals surface area contributed by atoms with E-state index >= 15 is 0 Å². The molecule has 1 aliphatic heterocycles. The number of fused-ring (bicyclic) bond motifs is 1. The van der Waals surface area contributed by atoms with Crippen LogP contribution >= 0.6 is 0 Å². The molecule has 0 fully saturated rings. The summed E-state index contributed by atoms with van der Waals surface area (Å²) in [5, 5.41) is 26.4. The molecule has 2 aromatic heterocycles. The van der Waals surface area contributed by atoms with Crippen LogP contribution in [0.3, 0.4) is 0 Å². The smallest absolute Gasteiger partial charge is 0.405 e. The fourth-order valence-electron chi connectivity index (χ4n) is 2.53. The Bertz CT molecular complexity index is 793. The van der Waals surface area contributed by atoms with Crippen molar-refractivity contribution in [3.05, 3.63) is 29.7 Å². The second-order valence-corrected chi connectivity index (χ2v) is 5.17. The van der Waals surface area contributed by atoms with Crippen LogP contribution in [0, 0.1) is 0 Å². The second-order valence-electron chi connectivity index (χ2n) is 5.17. The lowest BCUT2D eigenvalue weighted by atomic mass is 10.1. The standard InChI is InChI=1S/C13H14N8O4/c22-10(6-16-13(24)25)21-8(4-7-2-1-3-14-11(7)21)12(23)15-5-9-17-19-20-18-9/h1-3,8,16H,4-6H2,(H,15,23)(H,24,25)(H,17,18,19,20). The molecule has 3 rings (SSSR count). The monoisotopic (exact) mass is 346 g/mol. The summed E-state index contributed by atoms with van der Waals surface area (Å²) in [6.07, 6.45) is 0.454. The second kappa shape index (κ2) is 6.90. The molecule has 0 spiro atoms. The first kappa shape index (κ1) is 16.3. The van der Waals surface area contributed by atoms with E-state index in [4.69, 9.17) is 5.11 Å². The molecule has 25 heavy (non-hydrogen) atoms. The zero-order chi connectivity index (χ0) is 17.8. The average Bonchev–Trinajstić information content (AvgIpc) is 3.24. The van der Waals surface area contributed by atoms with E-state index in [0.717, 1.165) is 5.56 Å². The maximum Gasteiger partial charge on any atom is 0.405 e. The van der Waals surface area contributed by atoms with Crippen molar-refractivity contribution in [2.75, 3.05) is 11.4 Å². The van der Waals surface area contributed by atoms with E-state index in [2.05, 4.69) is 30.9 Å². The number of nitrogens with zero attached hydrogens (tertiary/aromatic N) is 5. The van der Waals surface area contributed by atoms with Crippen LogP contribution < -0.4 is 15.5 Å². The number of carbonyl (C=O) groups excluding carboxylic acids is 2. The van der Waals surface area contributed by atoms with E-state index in [1.165, 1.54) is 11.1 Å². The van der Waals surface area contributed by atoms with Crippen LogP contribution in [0.4, 0.5) is 10.6 Å². The van der Waals surface area contributed by atoms with Gasteiger partial charge in [0.2, 0.25) is 11.8 Å². The molecule has 4 N–H and O–H groups in total. The van der Waals surface area contributed by atoms with Crippen molar-refractivity contribution in [3.63, 3.8) is 0 Å². The Balaban J connectivity index is 1.75. The van der Waals surface area contributed by atoms with Gasteiger partial charge >= 0.3 is 6.09 Å². The minimum absolute atomic E-state index is 0.0466. The lowest BCUT2D eigenvalue weighted by molar-refractivity contribution is -0.126. The highest BCUT2D eigenvalue weighted by Gasteiger charge is 2.39. The number of hydrogen-bond donors (Lipinski definition) is 4. The highest BCUT2D eigenvalue weighted by molar-refractivity contribution is 6.04. The fraction of sp³-hybridized carbons (Fsp3) is 0.308. The van der Waals surface area contributed by atoms with Crippen molar-refractivity contribution >= 4 is 23.7 Å². The molecule has 12 heteroatoms. The summed E-state index contributed by atoms with van der Waals surface area (Å²) in [4.78, 5) is 40.9. The Hall–Kier alpha value is -3.57. The van der Waals surface area contributed by atoms with Crippen LogP contribution in [0.1, 0.15) is 11.4 Å². The Kier molecular flexibility index (Phi) is 4.50. The summed E-state index contributed by atoms with van der Waals surface area (Å²) < 4.78 is 0. The van der Waals surface area contributed by atoms with Gasteiger partial charge in [0.05, 0.1) is 6.54 Å². The van der Waals surface area contributed by atoms with Crippen LogP contribution in [-0.2, 0) is 22.6 Å². The lowest BCUT2D eigenvalue weighted by Crippen LogP contribution is -2.50. The van der Waals surface area contributed by atoms with Gasteiger partial charge in [-0.3, -0.25) is 14.5 Å². The molecule has 0 saturated heterocycles. The highest BCUT2D eigenvalue weighted by atomic mass is 16.4. The number of aromatic nitrogens is 5. The predicted molar refractivity (Wildman–Crippen MR) is 81.3 cm³/mol. The number of hydrogen-bond acceptors (Lipinski definition) is 7. The number of amides is 3. The summed E-state index contributed by atoms with van der Waals surface area (Å²) in [5.41, 5.74) is 0.728. The number of nitrogens with one attached hydrogen (secondary N) is 3. The Morgan fingerprint density at radius 1 is 1.36 bits per heavy atom. The van der Waals surface area contributed by atoms with E-state index in [0.29, 0.717) is 11.6 Å². The van der Waals surface area contributed by atoms with Crippen molar-refractivity contribution in [1.29, 1.82) is 0 Å². The molecule has 2 aromatic rings. The number of carbonyl (C=O) groups is 3. The van der Waals surface area contributed by atoms with Gasteiger partial charge in [-0.2, -0.15) is 5.21 Å². The zero-order valence-electron chi connectivity index (χ0n) is 12.8. The third-order valence-corrected chi connectivity index (χ3v) is 3.59. The van der Waals surface area contributed by atoms with Gasteiger partial charge in [0.25, 0.3) is 0 Å². The summed E-state index contributed by atoms with van der Waals surface area (Å²) >= 11 is 0. The maximum absolute atomic E-state index is 12.5. The quantitative estimate of drug-likeness (QED) is 0.504. The van der Waals surface area contributed by atoms with Crippen molar-refractivity contribution in [3.8, 4) is 0 Å². The van der Waals surface area contributed by atoms with Gasteiger partial charge in [0, 0.05) is 12.6 Å². The molecule has 0 bridgehead atoms. The van der Waals surface area contributed by atoms with Gasteiger partial charge in [-0.05, 0) is 11.6 Å². The molecule has 1 unspecified atom stereocenters. The van der Waals surface area contributed by atoms with Gasteiger partial charge in [0.15, 0.2) is 5.82 Å². The summed E-state index contributed by atoms with van der Waals surface area (Å²) in [7, 11) is 0. The molecular weight excluding hydrogens is 332 g/mol. The van der Waals surface area contributed by atoms with Crippen molar-refractivity contribution in [1.82, 2.24) is 36.2 Å². The van der Waals surface area contributed by atoms with Gasteiger partial charge in [0.1, 0.15) is 18.4 Å². The largest absolute Gasteiger partial charge is 0.465 e. The number of anilines is 1. The van der Waals surface area contributed by atoms with E-state index < -0.39 is 30.5 Å². The number of pyridine rings is 1. The summed E-state index contributed by atoms with van der Waals surface area (Å²) in [6, 6.07) is 2.64. The fourth-order valence-corrected chi connectivity index (χ4v) is 2.53. The van der Waals surface area contributed by atoms with Gasteiger partial charge in [-0.1, -0.05) is 11.3 Å². The number of tetrazole rings is 1. The molecule has 0 aromatic carbocycles. The van der Waals surface area contributed by atoms with Crippen LogP contribution in [-0.4, -0.2) is 61.2 Å². The number of H-pyrrole nitrogens is 1. The molecule has 3 heterocycles. The first-order valence-electron chi connectivity index (χ1n) is 7.29. The Labute approximate surface area is 140 Å². The molecule has 3 amide bonds. The normalized spacial score (nSPS) is 15.5. The van der Waals surface area contributed by atoms with Crippen LogP contribution in [0.25, 0.3) is 0 Å². The Morgan fingerprint density at radius 3 is 2.92 bits per heavy atom. The van der Waals surface area contributed by atoms with Crippen LogP contribution in [0.15, 0.2) is 18.3 Å². The van der Waals surface area contributed by atoms with Crippen molar-refractivity contribution in [2.45, 2.75) is 19.0 Å². The highest BCUT2D eigenvalue weighted by Crippen LogP contribution is 2.29. The van der Waals surface area contributed by atoms with Gasteiger partial charge in [-0.15, -0.1) is 10.2 Å². The number of carboxylic acid groups (broad SMARTS) is 1. The van der Waals surface area contributed by atoms with E-state index in [9.17, 15) is 14.4 Å². The third-order valence-electron chi connectivity index (χ3n) is 3.59. The maximum atomic E-state index is 12.5. The van der Waals surface area contributed by atoms with Gasteiger partial charge < -0.3 is 15.7 Å². The minimum Gasteiger partial charge on any atom is -0.465 e. The summed E-state index contributed by atoms with van der Waals surface area (Å²) in [5.74, 6) is -0.349. The number of rotatable bonds is 5. The predicted octanol–water partition coefficient (Wildman–Crippen LogP) is -1.56. The third kappa shape index (κ3) is 3.52. The molecule has 0 aliphatic carbocycles. The SMILES string of the molecule is O=C(O)NCC(=O)N1c2ncccc2CC1C(=O)NCc1nn[nH]n1. The zero-order valence-corrected chi connectivity index (χ0v) is 12.8. The van der Waals surface area contributed by atoms with Crippen molar-refractivity contribution < 1.29 is 19.5 Å². The summed E-state index contributed by atoms with van der Waals surface area (Å²) in [6.45, 7) is -0.412. The van der Waals surface area contributed by atoms with E-state index in [1.54, 1.807) is 12.1 Å². The molecule has 130 valence electrons. The topological polar surface area (TPSA) is 166 Å². The minimum atomic E-state index is -1.33. The van der Waals surface area contributed by atoms with Crippen LogP contribution in [0.2, 0.25) is 0 Å². The molecular formula is C13H14N8O4. The molecule has 1 atom stereocenters.